The van der Waals surface area contributed by atoms with Gasteiger partial charge in [0.05, 0.1) is 18.2 Å². The fourth-order valence-corrected chi connectivity index (χ4v) is 3.46. The summed E-state index contributed by atoms with van der Waals surface area (Å²) in [7, 11) is 0. The molecule has 2 aromatic carbocycles. The Bertz CT molecular complexity index is 926. The van der Waals surface area contributed by atoms with Crippen LogP contribution in [0, 0.1) is 0 Å². The lowest BCUT2D eigenvalue weighted by Crippen LogP contribution is -2.50. The molecule has 142 valence electrons. The molecule has 1 saturated heterocycles. The van der Waals surface area contributed by atoms with E-state index in [2.05, 4.69) is 24.3 Å². The highest BCUT2D eigenvalue weighted by Gasteiger charge is 2.25. The van der Waals surface area contributed by atoms with Crippen molar-refractivity contribution in [2.24, 2.45) is 0 Å². The van der Waals surface area contributed by atoms with Crippen LogP contribution in [0.2, 0.25) is 0 Å². The quantitative estimate of drug-likeness (QED) is 0.703. The lowest BCUT2D eigenvalue weighted by Gasteiger charge is -2.34. The van der Waals surface area contributed by atoms with E-state index in [1.807, 2.05) is 35.2 Å². The predicted molar refractivity (Wildman–Crippen MR) is 107 cm³/mol. The van der Waals surface area contributed by atoms with Gasteiger partial charge in [-0.2, -0.15) is 0 Å². The van der Waals surface area contributed by atoms with Gasteiger partial charge in [-0.15, -0.1) is 0 Å². The number of hydrogen-bond acceptors (Lipinski definition) is 3. The Labute approximate surface area is 164 Å². The van der Waals surface area contributed by atoms with Crippen molar-refractivity contribution in [1.82, 2.24) is 9.80 Å². The van der Waals surface area contributed by atoms with E-state index in [0.717, 1.165) is 11.1 Å². The number of benzene rings is 2. The van der Waals surface area contributed by atoms with Crippen molar-refractivity contribution >= 4 is 11.8 Å². The molecular weight excluding hydrogens is 352 g/mol. The minimum atomic E-state index is -0.0441. The maximum Gasteiger partial charge on any atom is 0.257 e. The minimum absolute atomic E-state index is 0.0441. The maximum atomic E-state index is 12.6. The van der Waals surface area contributed by atoms with Crippen LogP contribution in [-0.4, -0.2) is 47.8 Å². The molecular formula is C23H22N2O3. The standard InChI is InChI=1S/C23H22N2O3/c26-22(16-18-6-8-20(9-7-18)19-4-2-1-3-5-19)24-11-13-25(14-12-24)23(27)21-10-15-28-17-21/h1-10,15,17H,11-14,16H2. The summed E-state index contributed by atoms with van der Waals surface area (Å²) in [6.07, 6.45) is 3.33. The predicted octanol–water partition coefficient (Wildman–Crippen LogP) is 3.47. The van der Waals surface area contributed by atoms with Crippen LogP contribution in [0.25, 0.3) is 11.1 Å². The van der Waals surface area contributed by atoms with Crippen LogP contribution in [-0.2, 0) is 11.2 Å². The number of carbonyl (C=O) groups excluding carboxylic acids is 2. The second kappa shape index (κ2) is 8.13. The average Bonchev–Trinajstić information content (AvgIpc) is 3.29. The van der Waals surface area contributed by atoms with E-state index in [4.69, 9.17) is 4.42 Å². The molecule has 1 fully saturated rings. The number of nitrogens with zero attached hydrogens (tertiary/aromatic N) is 2. The van der Waals surface area contributed by atoms with Crippen LogP contribution in [0.1, 0.15) is 15.9 Å². The number of hydrogen-bond donors (Lipinski definition) is 0. The van der Waals surface area contributed by atoms with Crippen LogP contribution in [0.15, 0.2) is 77.6 Å². The molecule has 3 aromatic rings. The number of carbonyl (C=O) groups is 2. The molecule has 4 rings (SSSR count). The van der Waals surface area contributed by atoms with Crippen molar-refractivity contribution in [2.75, 3.05) is 26.2 Å². The van der Waals surface area contributed by atoms with Gasteiger partial charge in [0.2, 0.25) is 5.91 Å². The van der Waals surface area contributed by atoms with E-state index in [1.165, 1.54) is 18.1 Å². The highest BCUT2D eigenvalue weighted by atomic mass is 16.3. The summed E-state index contributed by atoms with van der Waals surface area (Å²) in [5.41, 5.74) is 3.86. The molecule has 0 saturated carbocycles. The third-order valence-electron chi connectivity index (χ3n) is 5.10. The largest absolute Gasteiger partial charge is 0.472 e. The van der Waals surface area contributed by atoms with E-state index >= 15 is 0 Å². The number of piperazine rings is 1. The van der Waals surface area contributed by atoms with Crippen molar-refractivity contribution in [3.63, 3.8) is 0 Å². The fraction of sp³-hybridized carbons (Fsp3) is 0.217. The Hall–Kier alpha value is -3.34. The lowest BCUT2D eigenvalue weighted by atomic mass is 10.0. The first kappa shape index (κ1) is 18.0. The molecule has 0 atom stereocenters. The molecule has 0 N–H and O–H groups in total. The third-order valence-corrected chi connectivity index (χ3v) is 5.10. The maximum absolute atomic E-state index is 12.6. The second-order valence-corrected chi connectivity index (χ2v) is 6.92. The van der Waals surface area contributed by atoms with Crippen LogP contribution in [0.3, 0.4) is 0 Å². The smallest absolute Gasteiger partial charge is 0.257 e. The first-order valence-corrected chi connectivity index (χ1v) is 9.44. The Morgan fingerprint density at radius 1 is 0.786 bits per heavy atom. The molecule has 5 nitrogen and oxygen atoms in total. The average molecular weight is 374 g/mol. The minimum Gasteiger partial charge on any atom is -0.472 e. The summed E-state index contributed by atoms with van der Waals surface area (Å²) in [5.74, 6) is 0.0558. The SMILES string of the molecule is O=C(Cc1ccc(-c2ccccc2)cc1)N1CCN(C(=O)c2ccoc2)CC1. The molecule has 5 heteroatoms. The van der Waals surface area contributed by atoms with Gasteiger partial charge in [0.15, 0.2) is 0 Å². The zero-order valence-corrected chi connectivity index (χ0v) is 15.6. The van der Waals surface area contributed by atoms with Crippen molar-refractivity contribution in [3.05, 3.63) is 84.3 Å². The first-order chi connectivity index (χ1) is 13.7. The van der Waals surface area contributed by atoms with Gasteiger partial charge in [-0.05, 0) is 22.8 Å². The third kappa shape index (κ3) is 3.98. The van der Waals surface area contributed by atoms with E-state index in [-0.39, 0.29) is 11.8 Å². The summed E-state index contributed by atoms with van der Waals surface area (Å²) in [5, 5.41) is 0. The molecule has 1 aliphatic heterocycles. The van der Waals surface area contributed by atoms with E-state index in [0.29, 0.717) is 38.2 Å². The summed E-state index contributed by atoms with van der Waals surface area (Å²) in [6.45, 7) is 2.21. The normalized spacial score (nSPS) is 14.1. The fourth-order valence-electron chi connectivity index (χ4n) is 3.46. The number of furan rings is 1. The van der Waals surface area contributed by atoms with Crippen LogP contribution >= 0.6 is 0 Å². The van der Waals surface area contributed by atoms with Gasteiger partial charge in [-0.1, -0.05) is 54.6 Å². The summed E-state index contributed by atoms with van der Waals surface area (Å²) in [4.78, 5) is 28.6. The van der Waals surface area contributed by atoms with E-state index in [9.17, 15) is 9.59 Å². The van der Waals surface area contributed by atoms with Gasteiger partial charge >= 0.3 is 0 Å². The van der Waals surface area contributed by atoms with Gasteiger partial charge in [-0.3, -0.25) is 9.59 Å². The van der Waals surface area contributed by atoms with E-state index in [1.54, 1.807) is 11.0 Å². The van der Waals surface area contributed by atoms with Gasteiger partial charge in [0.25, 0.3) is 5.91 Å². The Balaban J connectivity index is 1.32. The molecule has 2 amide bonds. The van der Waals surface area contributed by atoms with Gasteiger partial charge in [-0.25, -0.2) is 0 Å². The molecule has 1 aromatic heterocycles. The Morgan fingerprint density at radius 3 is 2.07 bits per heavy atom. The second-order valence-electron chi connectivity index (χ2n) is 6.92. The topological polar surface area (TPSA) is 53.8 Å². The van der Waals surface area contributed by atoms with Gasteiger partial charge in [0.1, 0.15) is 6.26 Å². The molecule has 28 heavy (non-hydrogen) atoms. The lowest BCUT2D eigenvalue weighted by molar-refractivity contribution is -0.131. The molecule has 0 aliphatic carbocycles. The molecule has 0 unspecified atom stereocenters. The summed E-state index contributed by atoms with van der Waals surface area (Å²) >= 11 is 0. The van der Waals surface area contributed by atoms with E-state index < -0.39 is 0 Å². The highest BCUT2D eigenvalue weighted by molar-refractivity contribution is 5.94. The van der Waals surface area contributed by atoms with Crippen molar-refractivity contribution < 1.29 is 14.0 Å². The van der Waals surface area contributed by atoms with Crippen molar-refractivity contribution in [1.29, 1.82) is 0 Å². The van der Waals surface area contributed by atoms with Gasteiger partial charge < -0.3 is 14.2 Å². The Morgan fingerprint density at radius 2 is 1.43 bits per heavy atom. The molecule has 2 heterocycles. The Kier molecular flexibility index (Phi) is 5.24. The summed E-state index contributed by atoms with van der Waals surface area (Å²) in [6, 6.07) is 20.0. The van der Waals surface area contributed by atoms with Crippen LogP contribution in [0.5, 0.6) is 0 Å². The molecule has 0 bridgehead atoms. The molecule has 0 spiro atoms. The van der Waals surface area contributed by atoms with Crippen LogP contribution in [0.4, 0.5) is 0 Å². The molecule has 0 radical (unpaired) electrons. The zero-order valence-electron chi connectivity index (χ0n) is 15.6. The van der Waals surface area contributed by atoms with Crippen LogP contribution < -0.4 is 0 Å². The molecule has 1 aliphatic rings. The van der Waals surface area contributed by atoms with Gasteiger partial charge in [0, 0.05) is 26.2 Å². The van der Waals surface area contributed by atoms with Crippen molar-refractivity contribution in [3.8, 4) is 11.1 Å². The van der Waals surface area contributed by atoms with Crippen molar-refractivity contribution in [2.45, 2.75) is 6.42 Å². The zero-order chi connectivity index (χ0) is 19.3. The number of amides is 2. The summed E-state index contributed by atoms with van der Waals surface area (Å²) < 4.78 is 4.98. The number of rotatable bonds is 4. The highest BCUT2D eigenvalue weighted by Crippen LogP contribution is 2.20. The monoisotopic (exact) mass is 374 g/mol. The first-order valence-electron chi connectivity index (χ1n) is 9.44.